The van der Waals surface area contributed by atoms with Gasteiger partial charge >= 0.3 is 5.97 Å². The van der Waals surface area contributed by atoms with E-state index in [0.29, 0.717) is 0 Å². The van der Waals surface area contributed by atoms with E-state index in [2.05, 4.69) is 10.1 Å². The second kappa shape index (κ2) is 6.02. The summed E-state index contributed by atoms with van der Waals surface area (Å²) in [5, 5.41) is 3.30. The van der Waals surface area contributed by atoms with Crippen molar-refractivity contribution in [2.45, 2.75) is 37.8 Å². The monoisotopic (exact) mass is 266 g/mol. The average molecular weight is 266 g/mol. The number of carbonyl (C=O) groups excluding carboxylic acids is 1. The summed E-state index contributed by atoms with van der Waals surface area (Å²) in [4.78, 5) is 11.4. The lowest BCUT2D eigenvalue weighted by molar-refractivity contribution is 0.0595. The average Bonchev–Trinajstić information content (AvgIpc) is 2.40. The molecule has 2 rings (SSSR count). The molecule has 4 nitrogen and oxygen atoms in total. The van der Waals surface area contributed by atoms with Gasteiger partial charge in [0.15, 0.2) is 0 Å². The lowest BCUT2D eigenvalue weighted by Gasteiger charge is -2.28. The number of nitrogens with one attached hydrogen (secondary N) is 1. The third-order valence-corrected chi connectivity index (χ3v) is 3.46. The number of ether oxygens (including phenoxy) is 1. The first-order valence-corrected chi connectivity index (χ1v) is 6.50. The topological polar surface area (TPSA) is 64.3 Å². The maximum atomic E-state index is 13.5. The lowest BCUT2D eigenvalue weighted by Crippen LogP contribution is -2.34. The minimum Gasteiger partial charge on any atom is -0.465 e. The van der Waals surface area contributed by atoms with Crippen molar-refractivity contribution in [1.82, 2.24) is 0 Å². The molecule has 2 unspecified atom stereocenters. The largest absolute Gasteiger partial charge is 0.465 e. The molecule has 19 heavy (non-hydrogen) atoms. The maximum absolute atomic E-state index is 13.5. The molecule has 3 N–H and O–H groups in total. The summed E-state index contributed by atoms with van der Waals surface area (Å²) < 4.78 is 18.1. The van der Waals surface area contributed by atoms with Crippen LogP contribution in [0.2, 0.25) is 0 Å². The second-order valence-corrected chi connectivity index (χ2v) is 4.95. The van der Waals surface area contributed by atoms with Gasteiger partial charge in [-0.1, -0.05) is 0 Å². The molecule has 5 heteroatoms. The summed E-state index contributed by atoms with van der Waals surface area (Å²) in [5.41, 5.74) is 6.60. The third-order valence-electron chi connectivity index (χ3n) is 3.46. The van der Waals surface area contributed by atoms with Gasteiger partial charge in [-0.05, 0) is 43.9 Å². The van der Waals surface area contributed by atoms with Crippen LogP contribution in [0.3, 0.4) is 0 Å². The lowest BCUT2D eigenvalue weighted by atomic mass is 9.91. The number of methoxy groups -OCH3 is 1. The molecule has 1 fully saturated rings. The summed E-state index contributed by atoms with van der Waals surface area (Å²) in [6.07, 6.45) is 4.07. The Labute approximate surface area is 112 Å². The van der Waals surface area contributed by atoms with Gasteiger partial charge in [-0.2, -0.15) is 0 Å². The normalized spacial score (nSPS) is 22.9. The van der Waals surface area contributed by atoms with E-state index in [4.69, 9.17) is 5.73 Å². The Morgan fingerprint density at radius 3 is 2.95 bits per heavy atom. The Morgan fingerprint density at radius 1 is 1.47 bits per heavy atom. The Kier molecular flexibility index (Phi) is 4.37. The van der Waals surface area contributed by atoms with Crippen molar-refractivity contribution in [3.05, 3.63) is 29.6 Å². The summed E-state index contributed by atoms with van der Waals surface area (Å²) >= 11 is 0. The van der Waals surface area contributed by atoms with Crippen LogP contribution in [-0.4, -0.2) is 25.2 Å². The smallest absolute Gasteiger partial charge is 0.340 e. The molecule has 0 radical (unpaired) electrons. The summed E-state index contributed by atoms with van der Waals surface area (Å²) in [5.74, 6) is -1.24. The van der Waals surface area contributed by atoms with Crippen molar-refractivity contribution in [3.8, 4) is 0 Å². The number of hydrogen-bond donors (Lipinski definition) is 2. The van der Waals surface area contributed by atoms with E-state index in [1.807, 2.05) is 0 Å². The highest BCUT2D eigenvalue weighted by Crippen LogP contribution is 2.23. The predicted molar refractivity (Wildman–Crippen MR) is 71.6 cm³/mol. The fourth-order valence-electron chi connectivity index (χ4n) is 2.48. The fourth-order valence-corrected chi connectivity index (χ4v) is 2.48. The molecule has 0 spiro atoms. The van der Waals surface area contributed by atoms with Crippen LogP contribution < -0.4 is 11.1 Å². The van der Waals surface area contributed by atoms with E-state index < -0.39 is 11.8 Å². The SMILES string of the molecule is COC(=O)c1cc(NC2CCCC(N)C2)ccc1F. The molecule has 2 atom stereocenters. The molecule has 1 saturated carbocycles. The van der Waals surface area contributed by atoms with Gasteiger partial charge in [-0.3, -0.25) is 0 Å². The molecule has 0 aromatic heterocycles. The predicted octanol–water partition coefficient (Wildman–Crippen LogP) is 2.29. The molecule has 1 aliphatic carbocycles. The number of benzene rings is 1. The first-order chi connectivity index (χ1) is 9.10. The molecule has 0 bridgehead atoms. The van der Waals surface area contributed by atoms with Crippen molar-refractivity contribution in [1.29, 1.82) is 0 Å². The molecular weight excluding hydrogens is 247 g/mol. The van der Waals surface area contributed by atoms with Crippen molar-refractivity contribution >= 4 is 11.7 Å². The zero-order valence-corrected chi connectivity index (χ0v) is 11.0. The summed E-state index contributed by atoms with van der Waals surface area (Å²) in [6, 6.07) is 4.88. The number of nitrogens with two attached hydrogens (primary N) is 1. The molecule has 0 amide bonds. The van der Waals surface area contributed by atoms with Crippen LogP contribution in [0.25, 0.3) is 0 Å². The maximum Gasteiger partial charge on any atom is 0.340 e. The van der Waals surface area contributed by atoms with Gasteiger partial charge in [0.25, 0.3) is 0 Å². The molecule has 0 heterocycles. The zero-order chi connectivity index (χ0) is 13.8. The van der Waals surface area contributed by atoms with E-state index in [-0.39, 0.29) is 17.6 Å². The van der Waals surface area contributed by atoms with Crippen LogP contribution in [0.5, 0.6) is 0 Å². The second-order valence-electron chi connectivity index (χ2n) is 4.95. The molecule has 104 valence electrons. The van der Waals surface area contributed by atoms with Crippen LogP contribution in [0.15, 0.2) is 18.2 Å². The molecule has 0 aliphatic heterocycles. The van der Waals surface area contributed by atoms with Crippen LogP contribution in [0.4, 0.5) is 10.1 Å². The highest BCUT2D eigenvalue weighted by Gasteiger charge is 2.20. The summed E-state index contributed by atoms with van der Waals surface area (Å²) in [6.45, 7) is 0. The Morgan fingerprint density at radius 2 is 2.26 bits per heavy atom. The third kappa shape index (κ3) is 3.44. The number of esters is 1. The molecular formula is C14H19FN2O2. The molecule has 1 aromatic rings. The first-order valence-electron chi connectivity index (χ1n) is 6.50. The quantitative estimate of drug-likeness (QED) is 0.824. The van der Waals surface area contributed by atoms with Crippen molar-refractivity contribution < 1.29 is 13.9 Å². The van der Waals surface area contributed by atoms with Crippen molar-refractivity contribution in [2.75, 3.05) is 12.4 Å². The Hall–Kier alpha value is -1.62. The fraction of sp³-hybridized carbons (Fsp3) is 0.500. The van der Waals surface area contributed by atoms with Crippen molar-refractivity contribution in [2.24, 2.45) is 5.73 Å². The van der Waals surface area contributed by atoms with Crippen LogP contribution in [0.1, 0.15) is 36.0 Å². The first kappa shape index (κ1) is 13.8. The van der Waals surface area contributed by atoms with E-state index in [9.17, 15) is 9.18 Å². The molecule has 1 aliphatic rings. The van der Waals surface area contributed by atoms with Crippen molar-refractivity contribution in [3.63, 3.8) is 0 Å². The minimum absolute atomic E-state index is 0.0485. The minimum atomic E-state index is -0.665. The van der Waals surface area contributed by atoms with Gasteiger partial charge in [0, 0.05) is 17.8 Å². The number of anilines is 1. The van der Waals surface area contributed by atoms with Gasteiger partial charge in [0.05, 0.1) is 12.7 Å². The standard InChI is InChI=1S/C14H19FN2O2/c1-19-14(18)12-8-11(5-6-13(12)15)17-10-4-2-3-9(16)7-10/h5-6,8-10,17H,2-4,7,16H2,1H3. The van der Waals surface area contributed by atoms with E-state index in [1.54, 1.807) is 6.07 Å². The number of halogens is 1. The van der Waals surface area contributed by atoms with Crippen LogP contribution in [0, 0.1) is 5.82 Å². The van der Waals surface area contributed by atoms with Crippen LogP contribution in [-0.2, 0) is 4.74 Å². The Bertz CT molecular complexity index is 465. The number of rotatable bonds is 3. The summed E-state index contributed by atoms with van der Waals surface area (Å²) in [7, 11) is 1.24. The Balaban J connectivity index is 2.10. The van der Waals surface area contributed by atoms with Gasteiger partial charge in [-0.15, -0.1) is 0 Å². The highest BCUT2D eigenvalue weighted by atomic mass is 19.1. The van der Waals surface area contributed by atoms with Gasteiger partial charge in [0.2, 0.25) is 0 Å². The van der Waals surface area contributed by atoms with E-state index in [0.717, 1.165) is 31.4 Å². The van der Waals surface area contributed by atoms with E-state index in [1.165, 1.54) is 19.2 Å². The number of hydrogen-bond acceptors (Lipinski definition) is 4. The zero-order valence-electron chi connectivity index (χ0n) is 11.0. The number of carbonyl (C=O) groups is 1. The molecule has 0 saturated heterocycles. The molecule has 1 aromatic carbocycles. The van der Waals surface area contributed by atoms with E-state index >= 15 is 0 Å². The van der Waals surface area contributed by atoms with Gasteiger partial charge in [0.1, 0.15) is 5.82 Å². The van der Waals surface area contributed by atoms with Crippen LogP contribution >= 0.6 is 0 Å². The van der Waals surface area contributed by atoms with Gasteiger partial charge in [-0.25, -0.2) is 9.18 Å². The highest BCUT2D eigenvalue weighted by molar-refractivity contribution is 5.90. The van der Waals surface area contributed by atoms with Gasteiger partial charge < -0.3 is 15.8 Å².